The van der Waals surface area contributed by atoms with Crippen LogP contribution in [0, 0.1) is 5.92 Å². The van der Waals surface area contributed by atoms with Gasteiger partial charge in [0.2, 0.25) is 0 Å². The predicted molar refractivity (Wildman–Crippen MR) is 139 cm³/mol. The Bertz CT molecular complexity index is 1330. The normalized spacial score (nSPS) is 21.4. The minimum Gasteiger partial charge on any atom is -0.489 e. The van der Waals surface area contributed by atoms with Gasteiger partial charge in [0.05, 0.1) is 7.11 Å². The molecule has 0 saturated heterocycles. The summed E-state index contributed by atoms with van der Waals surface area (Å²) in [6, 6.07) is 27.7. The Morgan fingerprint density at radius 3 is 2.31 bits per heavy atom. The molecule has 3 aromatic rings. The summed E-state index contributed by atoms with van der Waals surface area (Å²) >= 11 is 0. The molecular formula is C31H29NO4. The standard InChI is InChI=1S/C31H29NO4/c1-20-28(31(34)35-2)29(24-15-9-10-16-27(24)36-19-21-11-5-3-6-12-21)30-25(32-20)17-23(18-26(30)33)22-13-7-4-8-14-22/h3-16,23,28-29H,17-19H2,1-2H3/t23-,28?,29+/m0/s1. The van der Waals surface area contributed by atoms with Crippen LogP contribution >= 0.6 is 0 Å². The van der Waals surface area contributed by atoms with Crippen LogP contribution in [0.25, 0.3) is 0 Å². The lowest BCUT2D eigenvalue weighted by Crippen LogP contribution is -2.38. The Balaban J connectivity index is 1.57. The first-order valence-electron chi connectivity index (χ1n) is 12.3. The third-order valence-electron chi connectivity index (χ3n) is 7.11. The number of para-hydroxylation sites is 1. The Hall–Kier alpha value is -3.99. The minimum absolute atomic E-state index is 0.0260. The number of benzene rings is 3. The number of esters is 1. The summed E-state index contributed by atoms with van der Waals surface area (Å²) < 4.78 is 11.4. The van der Waals surface area contributed by atoms with Gasteiger partial charge in [0.15, 0.2) is 5.78 Å². The number of Topliss-reactive ketones (excluding diaryl/α,β-unsaturated/α-hetero) is 1. The van der Waals surface area contributed by atoms with Crippen LogP contribution in [-0.4, -0.2) is 24.6 Å². The zero-order chi connectivity index (χ0) is 25.1. The van der Waals surface area contributed by atoms with Gasteiger partial charge in [0.1, 0.15) is 18.3 Å². The van der Waals surface area contributed by atoms with Crippen molar-refractivity contribution in [2.45, 2.75) is 38.2 Å². The highest BCUT2D eigenvalue weighted by molar-refractivity contribution is 6.09. The molecule has 36 heavy (non-hydrogen) atoms. The summed E-state index contributed by atoms with van der Waals surface area (Å²) in [7, 11) is 1.38. The lowest BCUT2D eigenvalue weighted by atomic mass is 9.69. The average molecular weight is 480 g/mol. The molecule has 1 unspecified atom stereocenters. The van der Waals surface area contributed by atoms with Gasteiger partial charge < -0.3 is 9.47 Å². The SMILES string of the molecule is COC(=O)C1C(C)=NC2=C(C(=O)C[C@@H](c3ccccc3)C2)[C@@H]1c1ccccc1OCc1ccccc1. The Kier molecular flexibility index (Phi) is 6.81. The van der Waals surface area contributed by atoms with Gasteiger partial charge in [-0.2, -0.15) is 0 Å². The van der Waals surface area contributed by atoms with Crippen LogP contribution < -0.4 is 4.74 Å². The molecule has 0 fully saturated rings. The van der Waals surface area contributed by atoms with E-state index in [1.54, 1.807) is 0 Å². The molecule has 0 aromatic heterocycles. The summed E-state index contributed by atoms with van der Waals surface area (Å²) in [5.74, 6) is -0.857. The number of carbonyl (C=O) groups excluding carboxylic acids is 2. The molecule has 0 N–H and O–H groups in total. The Morgan fingerprint density at radius 1 is 0.917 bits per heavy atom. The van der Waals surface area contributed by atoms with Crippen molar-refractivity contribution in [3.63, 3.8) is 0 Å². The molecule has 1 aliphatic heterocycles. The van der Waals surface area contributed by atoms with E-state index in [4.69, 9.17) is 14.5 Å². The van der Waals surface area contributed by atoms with Gasteiger partial charge in [0.25, 0.3) is 0 Å². The van der Waals surface area contributed by atoms with Crippen molar-refractivity contribution < 1.29 is 19.1 Å². The van der Waals surface area contributed by atoms with Crippen LogP contribution in [0.3, 0.4) is 0 Å². The third-order valence-corrected chi connectivity index (χ3v) is 7.11. The number of hydrogen-bond donors (Lipinski definition) is 0. The summed E-state index contributed by atoms with van der Waals surface area (Å²) in [4.78, 5) is 31.6. The molecule has 1 heterocycles. The van der Waals surface area contributed by atoms with Crippen LogP contribution in [-0.2, 0) is 20.9 Å². The molecule has 5 nitrogen and oxygen atoms in total. The summed E-state index contributed by atoms with van der Waals surface area (Å²) in [6.07, 6.45) is 1.04. The molecule has 2 aliphatic rings. The fraction of sp³-hybridized carbons (Fsp3) is 0.258. The van der Waals surface area contributed by atoms with E-state index < -0.39 is 17.8 Å². The molecule has 0 amide bonds. The van der Waals surface area contributed by atoms with Crippen LogP contribution in [0.4, 0.5) is 0 Å². The van der Waals surface area contributed by atoms with Gasteiger partial charge in [-0.25, -0.2) is 0 Å². The van der Waals surface area contributed by atoms with E-state index in [2.05, 4.69) is 12.1 Å². The molecule has 5 heteroatoms. The molecule has 3 atom stereocenters. The minimum atomic E-state index is -0.688. The van der Waals surface area contributed by atoms with E-state index in [1.165, 1.54) is 7.11 Å². The van der Waals surface area contributed by atoms with Crippen molar-refractivity contribution in [1.82, 2.24) is 0 Å². The Morgan fingerprint density at radius 2 is 1.58 bits per heavy atom. The lowest BCUT2D eigenvalue weighted by Gasteiger charge is -2.36. The van der Waals surface area contributed by atoms with Crippen molar-refractivity contribution in [3.05, 3.63) is 113 Å². The third kappa shape index (κ3) is 4.61. The number of hydrogen-bond acceptors (Lipinski definition) is 5. The fourth-order valence-corrected chi connectivity index (χ4v) is 5.39. The zero-order valence-corrected chi connectivity index (χ0v) is 20.5. The summed E-state index contributed by atoms with van der Waals surface area (Å²) in [5, 5.41) is 0. The number of rotatable bonds is 6. The van der Waals surface area contributed by atoms with Gasteiger partial charge >= 0.3 is 5.97 Å². The van der Waals surface area contributed by atoms with E-state index >= 15 is 0 Å². The largest absolute Gasteiger partial charge is 0.489 e. The van der Waals surface area contributed by atoms with Crippen molar-refractivity contribution in [3.8, 4) is 5.75 Å². The van der Waals surface area contributed by atoms with Gasteiger partial charge in [-0.15, -0.1) is 0 Å². The topological polar surface area (TPSA) is 65.0 Å². The number of nitrogens with zero attached hydrogens (tertiary/aromatic N) is 1. The number of ether oxygens (including phenoxy) is 2. The molecule has 0 saturated carbocycles. The molecule has 182 valence electrons. The number of methoxy groups -OCH3 is 1. The first kappa shape index (κ1) is 23.7. The first-order chi connectivity index (χ1) is 17.6. The summed E-state index contributed by atoms with van der Waals surface area (Å²) in [5.41, 5.74) is 5.00. The van der Waals surface area contributed by atoms with E-state index in [1.807, 2.05) is 79.7 Å². The van der Waals surface area contributed by atoms with E-state index in [0.717, 1.165) is 22.4 Å². The first-order valence-corrected chi connectivity index (χ1v) is 12.3. The monoisotopic (exact) mass is 479 g/mol. The van der Waals surface area contributed by atoms with E-state index in [-0.39, 0.29) is 11.7 Å². The quantitative estimate of drug-likeness (QED) is 0.406. The predicted octanol–water partition coefficient (Wildman–Crippen LogP) is 6.01. The van der Waals surface area contributed by atoms with Crippen LogP contribution in [0.5, 0.6) is 5.75 Å². The van der Waals surface area contributed by atoms with Crippen LogP contribution in [0.1, 0.15) is 48.3 Å². The number of ketones is 1. The molecule has 3 aromatic carbocycles. The second-order valence-electron chi connectivity index (χ2n) is 9.34. The molecular weight excluding hydrogens is 450 g/mol. The van der Waals surface area contributed by atoms with E-state index in [9.17, 15) is 9.59 Å². The molecule has 1 aliphatic carbocycles. The smallest absolute Gasteiger partial charge is 0.315 e. The van der Waals surface area contributed by atoms with Crippen molar-refractivity contribution in [1.29, 1.82) is 0 Å². The maximum atomic E-state index is 13.7. The number of carbonyl (C=O) groups is 2. The van der Waals surface area contributed by atoms with Crippen LogP contribution in [0.15, 0.2) is 101 Å². The highest BCUT2D eigenvalue weighted by atomic mass is 16.5. The maximum Gasteiger partial charge on any atom is 0.315 e. The lowest BCUT2D eigenvalue weighted by molar-refractivity contribution is -0.143. The van der Waals surface area contributed by atoms with Gasteiger partial charge in [0, 0.05) is 34.9 Å². The fourth-order valence-electron chi connectivity index (χ4n) is 5.39. The van der Waals surface area contributed by atoms with Crippen molar-refractivity contribution in [2.75, 3.05) is 7.11 Å². The second-order valence-corrected chi connectivity index (χ2v) is 9.34. The highest BCUT2D eigenvalue weighted by Crippen LogP contribution is 2.48. The second kappa shape index (κ2) is 10.3. The van der Waals surface area contributed by atoms with Crippen molar-refractivity contribution >= 4 is 17.5 Å². The average Bonchev–Trinajstić information content (AvgIpc) is 2.92. The van der Waals surface area contributed by atoms with E-state index in [0.29, 0.717) is 36.5 Å². The van der Waals surface area contributed by atoms with Gasteiger partial charge in [-0.05, 0) is 36.5 Å². The molecule has 0 spiro atoms. The van der Waals surface area contributed by atoms with Crippen molar-refractivity contribution in [2.24, 2.45) is 10.9 Å². The molecule has 5 rings (SSSR count). The maximum absolute atomic E-state index is 13.7. The van der Waals surface area contributed by atoms with Gasteiger partial charge in [-0.3, -0.25) is 14.6 Å². The molecule has 0 bridgehead atoms. The highest BCUT2D eigenvalue weighted by Gasteiger charge is 2.45. The number of allylic oxidation sites excluding steroid dienone is 2. The number of aliphatic imine (C=N–C) groups is 1. The molecule has 0 radical (unpaired) electrons. The Labute approximate surface area is 211 Å². The summed E-state index contributed by atoms with van der Waals surface area (Å²) in [6.45, 7) is 2.23. The van der Waals surface area contributed by atoms with Gasteiger partial charge in [-0.1, -0.05) is 78.9 Å². The zero-order valence-electron chi connectivity index (χ0n) is 20.5. The van der Waals surface area contributed by atoms with Crippen LogP contribution in [0.2, 0.25) is 0 Å².